The minimum atomic E-state index is -0.328. The Morgan fingerprint density at radius 2 is 1.71 bits per heavy atom. The maximum Gasteiger partial charge on any atom is 0.294 e. The van der Waals surface area contributed by atoms with Crippen molar-refractivity contribution in [2.24, 2.45) is 0 Å². The molecular formula is C25H28N8O2. The lowest BCUT2D eigenvalue weighted by atomic mass is 10.2. The monoisotopic (exact) mass is 472 g/mol. The van der Waals surface area contributed by atoms with Gasteiger partial charge in [0.15, 0.2) is 17.3 Å². The smallest absolute Gasteiger partial charge is 0.294 e. The van der Waals surface area contributed by atoms with Gasteiger partial charge in [0.05, 0.1) is 0 Å². The van der Waals surface area contributed by atoms with Gasteiger partial charge in [0.1, 0.15) is 11.6 Å². The Morgan fingerprint density at radius 1 is 0.971 bits per heavy atom. The summed E-state index contributed by atoms with van der Waals surface area (Å²) in [5.74, 6) is 2.24. The van der Waals surface area contributed by atoms with Crippen LogP contribution in [0.1, 0.15) is 5.56 Å². The summed E-state index contributed by atoms with van der Waals surface area (Å²) >= 11 is 0. The number of piperazine rings is 1. The van der Waals surface area contributed by atoms with Gasteiger partial charge in [-0.15, -0.1) is 0 Å². The zero-order valence-electron chi connectivity index (χ0n) is 20.1. The molecule has 5 rings (SSSR count). The number of aromatic nitrogens is 3. The average Bonchev–Trinajstić information content (AvgIpc) is 2.86. The van der Waals surface area contributed by atoms with Gasteiger partial charge >= 0.3 is 0 Å². The van der Waals surface area contributed by atoms with E-state index in [0.29, 0.717) is 29.2 Å². The number of likely N-dealkylation sites (N-methyl/N-ethyl adjacent to an activating group) is 2. The Morgan fingerprint density at radius 3 is 2.46 bits per heavy atom. The van der Waals surface area contributed by atoms with Crippen LogP contribution in [0.2, 0.25) is 0 Å². The van der Waals surface area contributed by atoms with E-state index in [0.717, 1.165) is 37.4 Å². The second kappa shape index (κ2) is 9.22. The number of amides is 1. The fourth-order valence-electron chi connectivity index (χ4n) is 3.98. The Labute approximate surface area is 204 Å². The summed E-state index contributed by atoms with van der Waals surface area (Å²) in [5, 5.41) is 6.49. The predicted octanol–water partition coefficient (Wildman–Crippen LogP) is 3.29. The number of pyridine rings is 1. The van der Waals surface area contributed by atoms with E-state index < -0.39 is 0 Å². The second-order valence-corrected chi connectivity index (χ2v) is 8.72. The van der Waals surface area contributed by atoms with Crippen LogP contribution in [0.15, 0.2) is 54.9 Å². The number of aryl methyl sites for hydroxylation is 1. The lowest BCUT2D eigenvalue weighted by Gasteiger charge is -2.34. The number of benzene rings is 1. The highest BCUT2D eigenvalue weighted by Crippen LogP contribution is 2.34. The Balaban J connectivity index is 1.30. The second-order valence-electron chi connectivity index (χ2n) is 8.72. The molecule has 2 aliphatic heterocycles. The number of rotatable bonds is 5. The van der Waals surface area contributed by atoms with Crippen LogP contribution in [0.25, 0.3) is 0 Å². The van der Waals surface area contributed by atoms with Crippen LogP contribution in [-0.4, -0.2) is 66.0 Å². The molecule has 35 heavy (non-hydrogen) atoms. The summed E-state index contributed by atoms with van der Waals surface area (Å²) in [5.41, 5.74) is 2.97. The van der Waals surface area contributed by atoms with Gasteiger partial charge in [0.2, 0.25) is 5.95 Å². The summed E-state index contributed by atoms with van der Waals surface area (Å²) in [6.07, 6.45) is 1.75. The number of carbonyl (C=O) groups is 1. The molecule has 0 saturated carbocycles. The molecule has 10 heteroatoms. The summed E-state index contributed by atoms with van der Waals surface area (Å²) in [7, 11) is 3.79. The van der Waals surface area contributed by atoms with Crippen LogP contribution in [0.3, 0.4) is 0 Å². The standard InChI is InChI=1S/C25H28N8O2/c1-16-15-26-25(27-18-5-7-19(8-6-18)33-13-11-31(3)12-14-33)30-22(16)28-21-10-9-20-23(29-21)32(4)24(34)17(2)35-20/h5-10,15H,2,11-14H2,1,3-4H3,(H2,26,27,28,29,30). The Bertz CT molecular complexity index is 1270. The number of nitrogens with zero attached hydrogens (tertiary/aromatic N) is 6. The van der Waals surface area contributed by atoms with Crippen molar-refractivity contribution in [3.05, 3.63) is 60.5 Å². The van der Waals surface area contributed by atoms with Crippen molar-refractivity contribution in [2.75, 3.05) is 60.7 Å². The largest absolute Gasteiger partial charge is 0.448 e. The highest BCUT2D eigenvalue weighted by molar-refractivity contribution is 6.06. The van der Waals surface area contributed by atoms with Gasteiger partial charge in [-0.25, -0.2) is 9.97 Å². The highest BCUT2D eigenvalue weighted by Gasteiger charge is 2.27. The highest BCUT2D eigenvalue weighted by atomic mass is 16.5. The quantitative estimate of drug-likeness (QED) is 0.542. The Kier molecular flexibility index (Phi) is 5.96. The van der Waals surface area contributed by atoms with Gasteiger partial charge in [-0.2, -0.15) is 4.98 Å². The summed E-state index contributed by atoms with van der Waals surface area (Å²) in [4.78, 5) is 31.9. The first kappa shape index (κ1) is 22.6. The molecule has 2 N–H and O–H groups in total. The molecular weight excluding hydrogens is 444 g/mol. The van der Waals surface area contributed by atoms with Crippen molar-refractivity contribution in [1.82, 2.24) is 19.9 Å². The average molecular weight is 473 g/mol. The van der Waals surface area contributed by atoms with Gasteiger partial charge < -0.3 is 25.2 Å². The van der Waals surface area contributed by atoms with E-state index in [1.54, 1.807) is 25.4 Å². The molecule has 0 radical (unpaired) electrons. The summed E-state index contributed by atoms with van der Waals surface area (Å²) in [6.45, 7) is 9.75. The fraction of sp³-hybridized carbons (Fsp3) is 0.280. The van der Waals surface area contributed by atoms with Crippen LogP contribution < -0.4 is 25.2 Å². The molecule has 0 spiro atoms. The van der Waals surface area contributed by atoms with Crippen LogP contribution in [0.5, 0.6) is 5.75 Å². The van der Waals surface area contributed by atoms with E-state index in [4.69, 9.17) is 4.74 Å². The molecule has 1 saturated heterocycles. The topological polar surface area (TPSA) is 98.8 Å². The molecule has 10 nitrogen and oxygen atoms in total. The van der Waals surface area contributed by atoms with Crippen LogP contribution in [0.4, 0.5) is 34.8 Å². The molecule has 0 bridgehead atoms. The van der Waals surface area contributed by atoms with Crippen molar-refractivity contribution >= 4 is 40.7 Å². The van der Waals surface area contributed by atoms with Crippen molar-refractivity contribution in [3.8, 4) is 5.75 Å². The zero-order chi connectivity index (χ0) is 24.5. The molecule has 0 unspecified atom stereocenters. The van der Waals surface area contributed by atoms with Crippen LogP contribution in [-0.2, 0) is 4.79 Å². The van der Waals surface area contributed by atoms with E-state index in [1.165, 1.54) is 10.6 Å². The number of fused-ring (bicyclic) bond motifs is 1. The molecule has 1 amide bonds. The van der Waals surface area contributed by atoms with Crippen molar-refractivity contribution in [2.45, 2.75) is 6.92 Å². The van der Waals surface area contributed by atoms with Crippen LogP contribution >= 0.6 is 0 Å². The molecule has 0 atom stereocenters. The van der Waals surface area contributed by atoms with E-state index in [2.05, 4.69) is 61.1 Å². The number of hydrogen-bond donors (Lipinski definition) is 2. The normalized spacial score (nSPS) is 16.1. The van der Waals surface area contributed by atoms with E-state index in [-0.39, 0.29) is 11.7 Å². The molecule has 4 heterocycles. The number of hydrogen-bond acceptors (Lipinski definition) is 9. The number of anilines is 6. The van der Waals surface area contributed by atoms with Gasteiger partial charge in [-0.1, -0.05) is 6.58 Å². The molecule has 1 fully saturated rings. The molecule has 3 aromatic rings. The lowest BCUT2D eigenvalue weighted by molar-refractivity contribution is -0.117. The number of carbonyl (C=O) groups excluding carboxylic acids is 1. The van der Waals surface area contributed by atoms with Crippen molar-refractivity contribution in [1.29, 1.82) is 0 Å². The molecule has 0 aliphatic carbocycles. The van der Waals surface area contributed by atoms with Gasteiger partial charge in [-0.3, -0.25) is 9.69 Å². The van der Waals surface area contributed by atoms with E-state index in [1.807, 2.05) is 19.1 Å². The van der Waals surface area contributed by atoms with Crippen LogP contribution in [0, 0.1) is 6.92 Å². The summed E-state index contributed by atoms with van der Waals surface area (Å²) in [6, 6.07) is 11.8. The third kappa shape index (κ3) is 4.73. The third-order valence-electron chi connectivity index (χ3n) is 6.14. The minimum absolute atomic E-state index is 0.0708. The molecule has 2 aliphatic rings. The number of nitrogens with one attached hydrogen (secondary N) is 2. The molecule has 1 aromatic carbocycles. The SMILES string of the molecule is C=C1Oc2ccc(Nc3nc(Nc4ccc(N5CCN(C)CC5)cc4)ncc3C)nc2N(C)C1=O. The summed E-state index contributed by atoms with van der Waals surface area (Å²) < 4.78 is 5.46. The van der Waals surface area contributed by atoms with E-state index in [9.17, 15) is 4.79 Å². The maximum absolute atomic E-state index is 12.2. The zero-order valence-corrected chi connectivity index (χ0v) is 20.1. The first-order chi connectivity index (χ1) is 16.9. The van der Waals surface area contributed by atoms with Gasteiger partial charge in [-0.05, 0) is 50.4 Å². The van der Waals surface area contributed by atoms with Gasteiger partial charge in [0, 0.05) is 56.4 Å². The first-order valence-electron chi connectivity index (χ1n) is 11.4. The fourth-order valence-corrected chi connectivity index (χ4v) is 3.98. The maximum atomic E-state index is 12.2. The third-order valence-corrected chi connectivity index (χ3v) is 6.14. The lowest BCUT2D eigenvalue weighted by Crippen LogP contribution is -2.44. The first-order valence-corrected chi connectivity index (χ1v) is 11.4. The molecule has 2 aromatic heterocycles. The van der Waals surface area contributed by atoms with E-state index >= 15 is 0 Å². The predicted molar refractivity (Wildman–Crippen MR) is 137 cm³/mol. The minimum Gasteiger partial charge on any atom is -0.448 e. The van der Waals surface area contributed by atoms with Crippen molar-refractivity contribution < 1.29 is 9.53 Å². The van der Waals surface area contributed by atoms with Crippen molar-refractivity contribution in [3.63, 3.8) is 0 Å². The van der Waals surface area contributed by atoms with Gasteiger partial charge in [0.25, 0.3) is 5.91 Å². The molecule has 180 valence electrons. The Hall–Kier alpha value is -4.18. The number of ether oxygens (including phenoxy) is 1.